The normalized spacial score (nSPS) is 18.6. The van der Waals surface area contributed by atoms with Gasteiger partial charge in [0.2, 0.25) is 0 Å². The van der Waals surface area contributed by atoms with Crippen LogP contribution in [-0.4, -0.2) is 54.3 Å². The van der Waals surface area contributed by atoms with Crippen LogP contribution in [0.3, 0.4) is 0 Å². The molecule has 1 atom stereocenters. The van der Waals surface area contributed by atoms with Crippen LogP contribution in [0.25, 0.3) is 0 Å². The SMILES string of the molecule is Cc1cccc(C2=NN(C(=O)CN3CCN(c4ccccc4F)CC3)[C@H](c3cccc(F)c3)C2)c1. The van der Waals surface area contributed by atoms with Crippen LogP contribution in [0.4, 0.5) is 14.5 Å². The highest BCUT2D eigenvalue weighted by Gasteiger charge is 2.34. The number of anilines is 1. The molecule has 0 radical (unpaired) electrons. The molecule has 0 aliphatic carbocycles. The average molecular weight is 475 g/mol. The van der Waals surface area contributed by atoms with Crippen molar-refractivity contribution in [3.05, 3.63) is 101 Å². The van der Waals surface area contributed by atoms with Crippen molar-refractivity contribution in [2.45, 2.75) is 19.4 Å². The van der Waals surface area contributed by atoms with Crippen molar-refractivity contribution in [1.29, 1.82) is 0 Å². The van der Waals surface area contributed by atoms with Crippen molar-refractivity contribution in [2.75, 3.05) is 37.6 Å². The van der Waals surface area contributed by atoms with Crippen molar-refractivity contribution >= 4 is 17.3 Å². The van der Waals surface area contributed by atoms with E-state index >= 15 is 0 Å². The molecule has 0 aromatic heterocycles. The fourth-order valence-electron chi connectivity index (χ4n) is 4.83. The molecule has 180 valence electrons. The molecule has 0 unspecified atom stereocenters. The number of hydrogen-bond acceptors (Lipinski definition) is 4. The zero-order valence-corrected chi connectivity index (χ0v) is 19.7. The fraction of sp³-hybridized carbons (Fsp3) is 0.286. The Kier molecular flexibility index (Phi) is 6.59. The van der Waals surface area contributed by atoms with Crippen molar-refractivity contribution in [3.8, 4) is 0 Å². The minimum atomic E-state index is -0.353. The lowest BCUT2D eigenvalue weighted by Gasteiger charge is -2.36. The number of hydrazone groups is 1. The van der Waals surface area contributed by atoms with E-state index in [1.807, 2.05) is 42.2 Å². The quantitative estimate of drug-likeness (QED) is 0.535. The molecule has 35 heavy (non-hydrogen) atoms. The Hall–Kier alpha value is -3.58. The number of benzene rings is 3. The van der Waals surface area contributed by atoms with Crippen LogP contribution in [-0.2, 0) is 4.79 Å². The van der Waals surface area contributed by atoms with Crippen LogP contribution in [0, 0.1) is 18.6 Å². The average Bonchev–Trinajstić information content (AvgIpc) is 3.31. The third-order valence-corrected chi connectivity index (χ3v) is 6.67. The highest BCUT2D eigenvalue weighted by atomic mass is 19.1. The van der Waals surface area contributed by atoms with E-state index in [0.29, 0.717) is 38.3 Å². The highest BCUT2D eigenvalue weighted by molar-refractivity contribution is 6.03. The first-order chi connectivity index (χ1) is 17.0. The molecular formula is C28H28F2N4O. The van der Waals surface area contributed by atoms with Gasteiger partial charge in [0.25, 0.3) is 5.91 Å². The summed E-state index contributed by atoms with van der Waals surface area (Å²) in [7, 11) is 0. The summed E-state index contributed by atoms with van der Waals surface area (Å²) in [5.74, 6) is -0.686. The molecule has 2 heterocycles. The van der Waals surface area contributed by atoms with Crippen LogP contribution >= 0.6 is 0 Å². The van der Waals surface area contributed by atoms with Gasteiger partial charge in [0.05, 0.1) is 24.0 Å². The van der Waals surface area contributed by atoms with Crippen LogP contribution < -0.4 is 4.90 Å². The first kappa shape index (κ1) is 23.2. The summed E-state index contributed by atoms with van der Waals surface area (Å²) >= 11 is 0. The van der Waals surface area contributed by atoms with E-state index in [1.165, 1.54) is 23.2 Å². The number of halogens is 2. The largest absolute Gasteiger partial charge is 0.367 e. The first-order valence-corrected chi connectivity index (χ1v) is 11.9. The highest BCUT2D eigenvalue weighted by Crippen LogP contribution is 2.33. The molecule has 3 aromatic rings. The molecule has 2 aliphatic rings. The molecule has 1 amide bonds. The Labute approximate surface area is 204 Å². The van der Waals surface area contributed by atoms with Gasteiger partial charge >= 0.3 is 0 Å². The van der Waals surface area contributed by atoms with E-state index in [-0.39, 0.29) is 30.1 Å². The summed E-state index contributed by atoms with van der Waals surface area (Å²) in [6.07, 6.45) is 0.527. The van der Waals surface area contributed by atoms with E-state index in [1.54, 1.807) is 18.2 Å². The van der Waals surface area contributed by atoms with Crippen LogP contribution in [0.15, 0.2) is 77.9 Å². The van der Waals surface area contributed by atoms with E-state index in [4.69, 9.17) is 5.10 Å². The van der Waals surface area contributed by atoms with Gasteiger partial charge in [0, 0.05) is 32.6 Å². The molecule has 2 aliphatic heterocycles. The Balaban J connectivity index is 1.32. The van der Waals surface area contributed by atoms with Gasteiger partial charge in [-0.3, -0.25) is 9.69 Å². The lowest BCUT2D eigenvalue weighted by atomic mass is 9.97. The lowest BCUT2D eigenvalue weighted by Crippen LogP contribution is -2.49. The number of amides is 1. The summed E-state index contributed by atoms with van der Waals surface area (Å²) in [6, 6.07) is 20.8. The maximum absolute atomic E-state index is 14.2. The van der Waals surface area contributed by atoms with Gasteiger partial charge in [-0.15, -0.1) is 0 Å². The molecule has 5 nitrogen and oxygen atoms in total. The van der Waals surface area contributed by atoms with Gasteiger partial charge in [0.1, 0.15) is 11.6 Å². The minimum absolute atomic E-state index is 0.124. The molecular weight excluding hydrogens is 446 g/mol. The molecule has 0 spiro atoms. The number of piperazine rings is 1. The van der Waals surface area contributed by atoms with Gasteiger partial charge in [-0.05, 0) is 42.3 Å². The third-order valence-electron chi connectivity index (χ3n) is 6.67. The molecule has 5 rings (SSSR count). The smallest absolute Gasteiger partial charge is 0.257 e. The van der Waals surface area contributed by atoms with Gasteiger partial charge in [-0.25, -0.2) is 13.8 Å². The van der Waals surface area contributed by atoms with Gasteiger partial charge in [-0.2, -0.15) is 5.10 Å². The molecule has 0 saturated carbocycles. The topological polar surface area (TPSA) is 39.2 Å². The number of aryl methyl sites for hydroxylation is 1. The zero-order valence-electron chi connectivity index (χ0n) is 19.7. The van der Waals surface area contributed by atoms with E-state index in [0.717, 1.165) is 22.4 Å². The Morgan fingerprint density at radius 3 is 2.46 bits per heavy atom. The second kappa shape index (κ2) is 9.96. The molecule has 0 N–H and O–H groups in total. The molecule has 7 heteroatoms. The summed E-state index contributed by atoms with van der Waals surface area (Å²) < 4.78 is 28.2. The molecule has 1 fully saturated rings. The Morgan fingerprint density at radius 2 is 1.71 bits per heavy atom. The third kappa shape index (κ3) is 5.10. The Bertz CT molecular complexity index is 1250. The van der Waals surface area contributed by atoms with Crippen LogP contribution in [0.2, 0.25) is 0 Å². The number of nitrogens with zero attached hydrogens (tertiary/aromatic N) is 4. The summed E-state index contributed by atoms with van der Waals surface area (Å²) in [4.78, 5) is 17.5. The van der Waals surface area contributed by atoms with Gasteiger partial charge in [-0.1, -0.05) is 54.1 Å². The second-order valence-corrected chi connectivity index (χ2v) is 9.14. The molecule has 0 bridgehead atoms. The summed E-state index contributed by atoms with van der Waals surface area (Å²) in [5, 5.41) is 6.24. The lowest BCUT2D eigenvalue weighted by molar-refractivity contribution is -0.134. The maximum Gasteiger partial charge on any atom is 0.257 e. The standard InChI is InChI=1S/C28H28F2N4O/c1-20-6-4-7-21(16-20)25-18-27(22-8-5-9-23(29)17-22)34(31-25)28(35)19-32-12-14-33(15-13-32)26-11-3-2-10-24(26)30/h2-11,16-17,27H,12-15,18-19H2,1H3/t27-/m0/s1. The molecule has 3 aromatic carbocycles. The van der Waals surface area contributed by atoms with Crippen molar-refractivity contribution in [1.82, 2.24) is 9.91 Å². The number of para-hydroxylation sites is 1. The number of carbonyl (C=O) groups excluding carboxylic acids is 1. The fourth-order valence-corrected chi connectivity index (χ4v) is 4.83. The van der Waals surface area contributed by atoms with E-state index in [2.05, 4.69) is 11.0 Å². The van der Waals surface area contributed by atoms with Crippen LogP contribution in [0.5, 0.6) is 0 Å². The maximum atomic E-state index is 14.2. The zero-order chi connectivity index (χ0) is 24.4. The van der Waals surface area contributed by atoms with Crippen LogP contribution in [0.1, 0.15) is 29.2 Å². The van der Waals surface area contributed by atoms with E-state index in [9.17, 15) is 13.6 Å². The molecule has 1 saturated heterocycles. The Morgan fingerprint density at radius 1 is 0.943 bits per heavy atom. The second-order valence-electron chi connectivity index (χ2n) is 9.14. The van der Waals surface area contributed by atoms with Gasteiger partial charge < -0.3 is 4.90 Å². The number of carbonyl (C=O) groups is 1. The van der Waals surface area contributed by atoms with Gasteiger partial charge in [0.15, 0.2) is 0 Å². The first-order valence-electron chi connectivity index (χ1n) is 11.9. The minimum Gasteiger partial charge on any atom is -0.367 e. The van der Waals surface area contributed by atoms with Crippen molar-refractivity contribution in [2.24, 2.45) is 5.10 Å². The predicted molar refractivity (Wildman–Crippen MR) is 133 cm³/mol. The number of hydrogen-bond donors (Lipinski definition) is 0. The summed E-state index contributed by atoms with van der Waals surface area (Å²) in [5.41, 5.74) is 4.23. The predicted octanol–water partition coefficient (Wildman–Crippen LogP) is 4.77. The van der Waals surface area contributed by atoms with E-state index < -0.39 is 0 Å². The van der Waals surface area contributed by atoms with Crippen molar-refractivity contribution < 1.29 is 13.6 Å². The van der Waals surface area contributed by atoms with Crippen molar-refractivity contribution in [3.63, 3.8) is 0 Å². The number of rotatable bonds is 5. The monoisotopic (exact) mass is 474 g/mol. The summed E-state index contributed by atoms with van der Waals surface area (Å²) in [6.45, 7) is 4.80.